The van der Waals surface area contributed by atoms with Gasteiger partial charge in [0.1, 0.15) is 0 Å². The molecule has 0 spiro atoms. The van der Waals surface area contributed by atoms with Gasteiger partial charge in [0.2, 0.25) is 5.91 Å². The number of thioether (sulfide) groups is 1. The molecule has 112 valence electrons. The number of anilines is 1. The van der Waals surface area contributed by atoms with Crippen molar-refractivity contribution in [2.75, 3.05) is 11.6 Å². The number of hydrogen-bond acceptors (Lipinski definition) is 5. The molecule has 0 saturated heterocycles. The summed E-state index contributed by atoms with van der Waals surface area (Å²) >= 11 is 3.15. The van der Waals surface area contributed by atoms with Gasteiger partial charge in [0.15, 0.2) is 5.13 Å². The predicted octanol–water partition coefficient (Wildman–Crippen LogP) is 3.60. The van der Waals surface area contributed by atoms with Crippen LogP contribution in [0.1, 0.15) is 19.8 Å². The molecule has 1 unspecified atom stereocenters. The van der Waals surface area contributed by atoms with E-state index in [1.165, 1.54) is 16.2 Å². The zero-order chi connectivity index (χ0) is 15.2. The summed E-state index contributed by atoms with van der Waals surface area (Å²) in [6, 6.07) is 8.27. The minimum absolute atomic E-state index is 0.0362. The molecule has 21 heavy (non-hydrogen) atoms. The lowest BCUT2D eigenvalue weighted by Gasteiger charge is -2.04. The Bertz CT molecular complexity index is 593. The number of amides is 1. The second-order valence-corrected chi connectivity index (χ2v) is 6.57. The molecule has 1 atom stereocenters. The number of nitrogens with zero attached hydrogens (tertiary/aromatic N) is 1. The molecule has 1 amide bonds. The molecule has 1 aromatic carbocycles. The highest BCUT2D eigenvalue weighted by atomic mass is 32.2. The maximum Gasteiger partial charge on any atom is 0.226 e. The highest BCUT2D eigenvalue weighted by molar-refractivity contribution is 7.98. The summed E-state index contributed by atoms with van der Waals surface area (Å²) in [6.45, 7) is 1.90. The zero-order valence-electron chi connectivity index (χ0n) is 12.1. The van der Waals surface area contributed by atoms with E-state index in [0.717, 1.165) is 11.3 Å². The molecule has 0 aliphatic carbocycles. The molecule has 6 heteroatoms. The number of carbonyl (C=O) groups excluding carboxylic acids is 1. The third-order valence-electron chi connectivity index (χ3n) is 2.96. The topological polar surface area (TPSA) is 68.0 Å². The Morgan fingerprint density at radius 2 is 2.14 bits per heavy atom. The van der Waals surface area contributed by atoms with Crippen molar-refractivity contribution < 1.29 is 4.79 Å². The molecule has 2 rings (SSSR count). The number of benzene rings is 1. The summed E-state index contributed by atoms with van der Waals surface area (Å²) in [5, 5.41) is 5.41. The molecule has 0 saturated carbocycles. The first-order valence-electron chi connectivity index (χ1n) is 6.74. The summed E-state index contributed by atoms with van der Waals surface area (Å²) < 4.78 is 0. The molecule has 3 N–H and O–H groups in total. The van der Waals surface area contributed by atoms with Gasteiger partial charge in [-0.3, -0.25) is 4.79 Å². The van der Waals surface area contributed by atoms with Crippen LogP contribution in [0.25, 0.3) is 11.3 Å². The Morgan fingerprint density at radius 1 is 1.43 bits per heavy atom. The Labute approximate surface area is 133 Å². The average Bonchev–Trinajstić information content (AvgIpc) is 2.93. The minimum Gasteiger partial charge on any atom is -0.328 e. The van der Waals surface area contributed by atoms with E-state index in [-0.39, 0.29) is 11.9 Å². The standard InChI is InChI=1S/C15H19N3OS2/c1-10(16)3-8-14(19)18-15-17-13(9-21-15)11-4-6-12(20-2)7-5-11/h4-7,9-10H,3,8,16H2,1-2H3,(H,17,18,19). The van der Waals surface area contributed by atoms with Crippen LogP contribution in [0, 0.1) is 0 Å². The van der Waals surface area contributed by atoms with Crippen LogP contribution in [-0.4, -0.2) is 23.2 Å². The number of carbonyl (C=O) groups is 1. The minimum atomic E-state index is -0.0362. The largest absolute Gasteiger partial charge is 0.328 e. The van der Waals surface area contributed by atoms with E-state index < -0.39 is 0 Å². The van der Waals surface area contributed by atoms with Crippen molar-refractivity contribution in [3.05, 3.63) is 29.6 Å². The summed E-state index contributed by atoms with van der Waals surface area (Å²) in [5.74, 6) is -0.0362. The maximum absolute atomic E-state index is 11.7. The van der Waals surface area contributed by atoms with E-state index in [2.05, 4.69) is 22.4 Å². The van der Waals surface area contributed by atoms with E-state index in [4.69, 9.17) is 5.73 Å². The van der Waals surface area contributed by atoms with Gasteiger partial charge in [-0.2, -0.15) is 0 Å². The number of rotatable bonds is 6. The molecule has 0 fully saturated rings. The fourth-order valence-corrected chi connectivity index (χ4v) is 2.91. The third kappa shape index (κ3) is 4.84. The third-order valence-corrected chi connectivity index (χ3v) is 4.46. The molecular formula is C15H19N3OS2. The summed E-state index contributed by atoms with van der Waals surface area (Å²) in [4.78, 5) is 17.4. The van der Waals surface area contributed by atoms with Crippen LogP contribution in [-0.2, 0) is 4.79 Å². The molecule has 1 heterocycles. The summed E-state index contributed by atoms with van der Waals surface area (Å²) in [7, 11) is 0. The predicted molar refractivity (Wildman–Crippen MR) is 90.8 cm³/mol. The SMILES string of the molecule is CSc1ccc(-c2csc(NC(=O)CCC(C)N)n2)cc1. The Hall–Kier alpha value is -1.37. The number of nitrogens with one attached hydrogen (secondary N) is 1. The first kappa shape index (κ1) is 16.0. The number of hydrogen-bond donors (Lipinski definition) is 2. The van der Waals surface area contributed by atoms with Gasteiger partial charge >= 0.3 is 0 Å². The quantitative estimate of drug-likeness (QED) is 0.798. The van der Waals surface area contributed by atoms with E-state index in [9.17, 15) is 4.79 Å². The van der Waals surface area contributed by atoms with E-state index in [0.29, 0.717) is 18.0 Å². The Morgan fingerprint density at radius 3 is 2.76 bits per heavy atom. The van der Waals surface area contributed by atoms with E-state index >= 15 is 0 Å². The second-order valence-electron chi connectivity index (χ2n) is 4.83. The lowest BCUT2D eigenvalue weighted by Crippen LogP contribution is -2.19. The molecule has 0 bridgehead atoms. The van der Waals surface area contributed by atoms with Crippen LogP contribution < -0.4 is 11.1 Å². The van der Waals surface area contributed by atoms with E-state index in [1.807, 2.05) is 30.7 Å². The highest BCUT2D eigenvalue weighted by Gasteiger charge is 2.08. The molecule has 0 aliphatic rings. The van der Waals surface area contributed by atoms with Crippen molar-refractivity contribution in [2.45, 2.75) is 30.7 Å². The fourth-order valence-electron chi connectivity index (χ4n) is 1.77. The van der Waals surface area contributed by atoms with Crippen LogP contribution in [0.2, 0.25) is 0 Å². The number of aromatic nitrogens is 1. The normalized spacial score (nSPS) is 12.1. The highest BCUT2D eigenvalue weighted by Crippen LogP contribution is 2.26. The molecular weight excluding hydrogens is 302 g/mol. The van der Waals surface area contributed by atoms with Crippen molar-refractivity contribution >= 4 is 34.1 Å². The van der Waals surface area contributed by atoms with Crippen LogP contribution >= 0.6 is 23.1 Å². The van der Waals surface area contributed by atoms with Crippen molar-refractivity contribution in [1.82, 2.24) is 4.98 Å². The van der Waals surface area contributed by atoms with Gasteiger partial charge in [0.25, 0.3) is 0 Å². The fraction of sp³-hybridized carbons (Fsp3) is 0.333. The molecule has 0 aliphatic heterocycles. The van der Waals surface area contributed by atoms with Gasteiger partial charge in [0, 0.05) is 28.3 Å². The lowest BCUT2D eigenvalue weighted by atomic mass is 10.2. The van der Waals surface area contributed by atoms with Gasteiger partial charge in [-0.15, -0.1) is 23.1 Å². The van der Waals surface area contributed by atoms with Gasteiger partial charge in [-0.05, 0) is 31.7 Å². The van der Waals surface area contributed by atoms with Crippen molar-refractivity contribution in [3.63, 3.8) is 0 Å². The lowest BCUT2D eigenvalue weighted by molar-refractivity contribution is -0.116. The summed E-state index contributed by atoms with van der Waals surface area (Å²) in [6.07, 6.45) is 3.16. The number of nitrogens with two attached hydrogens (primary N) is 1. The van der Waals surface area contributed by atoms with Crippen LogP contribution in [0.15, 0.2) is 34.5 Å². The monoisotopic (exact) mass is 321 g/mol. The molecule has 0 radical (unpaired) electrons. The number of thiazole rings is 1. The van der Waals surface area contributed by atoms with Crippen LogP contribution in [0.4, 0.5) is 5.13 Å². The van der Waals surface area contributed by atoms with Crippen molar-refractivity contribution in [3.8, 4) is 11.3 Å². The van der Waals surface area contributed by atoms with Crippen molar-refractivity contribution in [1.29, 1.82) is 0 Å². The average molecular weight is 321 g/mol. The Balaban J connectivity index is 1.98. The van der Waals surface area contributed by atoms with Gasteiger partial charge in [-0.1, -0.05) is 12.1 Å². The maximum atomic E-state index is 11.7. The van der Waals surface area contributed by atoms with Crippen LogP contribution in [0.5, 0.6) is 0 Å². The Kier molecular flexibility index (Phi) is 5.78. The smallest absolute Gasteiger partial charge is 0.226 e. The summed E-state index contributed by atoms with van der Waals surface area (Å²) in [5.41, 5.74) is 7.58. The van der Waals surface area contributed by atoms with Gasteiger partial charge < -0.3 is 11.1 Å². The molecule has 4 nitrogen and oxygen atoms in total. The molecule has 1 aromatic heterocycles. The van der Waals surface area contributed by atoms with E-state index in [1.54, 1.807) is 11.8 Å². The van der Waals surface area contributed by atoms with Gasteiger partial charge in [-0.25, -0.2) is 4.98 Å². The van der Waals surface area contributed by atoms with Crippen molar-refractivity contribution in [2.24, 2.45) is 5.73 Å². The first-order chi connectivity index (χ1) is 10.1. The van der Waals surface area contributed by atoms with Gasteiger partial charge in [0.05, 0.1) is 5.69 Å². The second kappa shape index (κ2) is 7.59. The zero-order valence-corrected chi connectivity index (χ0v) is 13.8. The molecule has 2 aromatic rings. The van der Waals surface area contributed by atoms with Crippen LogP contribution in [0.3, 0.4) is 0 Å². The first-order valence-corrected chi connectivity index (χ1v) is 8.84.